The fraction of sp³-hybridized carbons (Fsp3) is 0.682. The lowest BCUT2D eigenvalue weighted by Crippen LogP contribution is -2.74. The molecular weight excluding hydrogens is 376 g/mol. The zero-order valence-corrected chi connectivity index (χ0v) is 18.1. The normalized spacial score (nSPS) is 26.8. The van der Waals surface area contributed by atoms with Crippen LogP contribution in [0.5, 0.6) is 0 Å². The number of anilines is 1. The van der Waals surface area contributed by atoms with Gasteiger partial charge in [-0.05, 0) is 37.5 Å². The summed E-state index contributed by atoms with van der Waals surface area (Å²) < 4.78 is 11.8. The van der Waals surface area contributed by atoms with Gasteiger partial charge in [-0.3, -0.25) is 4.79 Å². The summed E-state index contributed by atoms with van der Waals surface area (Å²) in [7, 11) is 0. The minimum atomic E-state index is -0.915. The minimum absolute atomic E-state index is 0. The van der Waals surface area contributed by atoms with Gasteiger partial charge in [0.15, 0.2) is 0 Å². The van der Waals surface area contributed by atoms with E-state index >= 15 is 0 Å². The highest BCUT2D eigenvalue weighted by Crippen LogP contribution is 2.50. The average Bonchev–Trinajstić information content (AvgIpc) is 2.67. The summed E-state index contributed by atoms with van der Waals surface area (Å²) in [6.07, 6.45) is 7.09. The van der Waals surface area contributed by atoms with Crippen molar-refractivity contribution in [2.75, 3.05) is 11.9 Å². The van der Waals surface area contributed by atoms with E-state index in [0.29, 0.717) is 25.7 Å². The number of hydrogen-bond acceptors (Lipinski definition) is 4. The highest BCUT2D eigenvalue weighted by Gasteiger charge is 2.62. The third-order valence-corrected chi connectivity index (χ3v) is 6.46. The van der Waals surface area contributed by atoms with Crippen molar-refractivity contribution in [2.24, 2.45) is 11.1 Å². The molecule has 2 aliphatic rings. The molecule has 1 aromatic rings. The number of amides is 1. The zero-order valence-electron chi connectivity index (χ0n) is 17.3. The van der Waals surface area contributed by atoms with Gasteiger partial charge in [0, 0.05) is 24.1 Å². The van der Waals surface area contributed by atoms with Crippen LogP contribution < -0.4 is 11.1 Å². The molecule has 2 fully saturated rings. The molecule has 28 heavy (non-hydrogen) atoms. The minimum Gasteiger partial charge on any atom is -0.378 e. The summed E-state index contributed by atoms with van der Waals surface area (Å²) in [5, 5.41) is 3.01. The van der Waals surface area contributed by atoms with E-state index in [1.54, 1.807) is 0 Å². The SMILES string of the molecule is CCOC1CC(N)(C(=O)Nc2cccc(COC3CCCCC3)c2)C1(C)C.Cl. The molecule has 3 rings (SSSR count). The Balaban J connectivity index is 0.00000280. The summed E-state index contributed by atoms with van der Waals surface area (Å²) in [5.41, 5.74) is 7.00. The third kappa shape index (κ3) is 4.70. The van der Waals surface area contributed by atoms with Crippen molar-refractivity contribution >= 4 is 24.0 Å². The molecule has 0 spiro atoms. The van der Waals surface area contributed by atoms with Gasteiger partial charge in [0.1, 0.15) is 5.54 Å². The second kappa shape index (κ2) is 9.57. The van der Waals surface area contributed by atoms with Crippen LogP contribution in [-0.2, 0) is 20.9 Å². The van der Waals surface area contributed by atoms with E-state index in [1.807, 2.05) is 45.0 Å². The molecule has 2 atom stereocenters. The second-order valence-electron chi connectivity index (χ2n) is 8.57. The lowest BCUT2D eigenvalue weighted by Gasteiger charge is -2.57. The molecule has 1 aromatic carbocycles. The summed E-state index contributed by atoms with van der Waals surface area (Å²) in [4.78, 5) is 12.9. The zero-order chi connectivity index (χ0) is 19.5. The molecule has 3 N–H and O–H groups in total. The Morgan fingerprint density at radius 1 is 1.21 bits per heavy atom. The number of carbonyl (C=O) groups excluding carboxylic acids is 1. The first-order chi connectivity index (χ1) is 12.9. The molecule has 0 aromatic heterocycles. The van der Waals surface area contributed by atoms with Crippen LogP contribution >= 0.6 is 12.4 Å². The first-order valence-electron chi connectivity index (χ1n) is 10.3. The highest BCUT2D eigenvalue weighted by molar-refractivity contribution is 5.99. The maximum absolute atomic E-state index is 12.9. The standard InChI is InChI=1S/C22H34N2O3.ClH/c1-4-26-19-14-22(23,21(19,2)3)20(25)24-17-10-8-9-16(13-17)15-27-18-11-6-5-7-12-18;/h8-10,13,18-19H,4-7,11-12,14-15,23H2,1-3H3,(H,24,25);1H. The summed E-state index contributed by atoms with van der Waals surface area (Å²) in [6, 6.07) is 7.87. The molecule has 158 valence electrons. The Morgan fingerprint density at radius 3 is 2.57 bits per heavy atom. The predicted molar refractivity (Wildman–Crippen MR) is 115 cm³/mol. The van der Waals surface area contributed by atoms with Gasteiger partial charge in [0.2, 0.25) is 5.91 Å². The van der Waals surface area contributed by atoms with E-state index in [9.17, 15) is 4.79 Å². The van der Waals surface area contributed by atoms with E-state index in [1.165, 1.54) is 19.3 Å². The first kappa shape index (κ1) is 23.1. The van der Waals surface area contributed by atoms with E-state index < -0.39 is 11.0 Å². The van der Waals surface area contributed by atoms with Crippen molar-refractivity contribution in [1.29, 1.82) is 0 Å². The third-order valence-electron chi connectivity index (χ3n) is 6.46. The lowest BCUT2D eigenvalue weighted by atomic mass is 9.54. The van der Waals surface area contributed by atoms with Crippen LogP contribution in [0.15, 0.2) is 24.3 Å². The van der Waals surface area contributed by atoms with Gasteiger partial charge in [0.25, 0.3) is 0 Å². The number of carbonyl (C=O) groups is 1. The van der Waals surface area contributed by atoms with Crippen LogP contribution in [0.3, 0.4) is 0 Å². The van der Waals surface area contributed by atoms with Crippen molar-refractivity contribution in [3.63, 3.8) is 0 Å². The van der Waals surface area contributed by atoms with Crippen molar-refractivity contribution in [3.05, 3.63) is 29.8 Å². The number of rotatable bonds is 7. The molecule has 0 radical (unpaired) electrons. The van der Waals surface area contributed by atoms with E-state index in [-0.39, 0.29) is 24.4 Å². The van der Waals surface area contributed by atoms with Crippen molar-refractivity contribution in [1.82, 2.24) is 0 Å². The smallest absolute Gasteiger partial charge is 0.245 e. The maximum atomic E-state index is 12.9. The second-order valence-corrected chi connectivity index (χ2v) is 8.57. The Bertz CT molecular complexity index is 661. The average molecular weight is 411 g/mol. The summed E-state index contributed by atoms with van der Waals surface area (Å²) >= 11 is 0. The predicted octanol–water partition coefficient (Wildman–Crippen LogP) is 4.43. The lowest BCUT2D eigenvalue weighted by molar-refractivity contribution is -0.166. The van der Waals surface area contributed by atoms with Gasteiger partial charge >= 0.3 is 0 Å². The molecule has 0 aliphatic heterocycles. The molecule has 2 saturated carbocycles. The number of nitrogens with one attached hydrogen (secondary N) is 1. The fourth-order valence-corrected chi connectivity index (χ4v) is 4.25. The highest BCUT2D eigenvalue weighted by atomic mass is 35.5. The molecule has 1 amide bonds. The number of halogens is 1. The molecule has 2 unspecified atom stereocenters. The Labute approximate surface area is 175 Å². The Kier molecular flexibility index (Phi) is 7.91. The molecule has 0 saturated heterocycles. The fourth-order valence-electron chi connectivity index (χ4n) is 4.25. The van der Waals surface area contributed by atoms with Crippen LogP contribution in [0.4, 0.5) is 5.69 Å². The first-order valence-corrected chi connectivity index (χ1v) is 10.3. The molecule has 0 bridgehead atoms. The number of hydrogen-bond donors (Lipinski definition) is 2. The monoisotopic (exact) mass is 410 g/mol. The van der Waals surface area contributed by atoms with Crippen LogP contribution in [0.25, 0.3) is 0 Å². The molecule has 0 heterocycles. The quantitative estimate of drug-likeness (QED) is 0.697. The Hall–Kier alpha value is -1.14. The van der Waals surface area contributed by atoms with Crippen LogP contribution in [0, 0.1) is 5.41 Å². The van der Waals surface area contributed by atoms with E-state index in [0.717, 1.165) is 24.1 Å². The maximum Gasteiger partial charge on any atom is 0.245 e. The van der Waals surface area contributed by atoms with Crippen LogP contribution in [0.2, 0.25) is 0 Å². The van der Waals surface area contributed by atoms with E-state index in [4.69, 9.17) is 15.2 Å². The molecule has 5 nitrogen and oxygen atoms in total. The van der Waals surface area contributed by atoms with Crippen LogP contribution in [-0.4, -0.2) is 30.3 Å². The summed E-state index contributed by atoms with van der Waals surface area (Å²) in [6.45, 7) is 7.19. The van der Waals surface area contributed by atoms with Gasteiger partial charge in [-0.25, -0.2) is 0 Å². The summed E-state index contributed by atoms with van der Waals surface area (Å²) in [5.74, 6) is -0.145. The molecular formula is C22H35ClN2O3. The van der Waals surface area contributed by atoms with Gasteiger partial charge in [-0.1, -0.05) is 45.2 Å². The van der Waals surface area contributed by atoms with Crippen molar-refractivity contribution < 1.29 is 14.3 Å². The van der Waals surface area contributed by atoms with Gasteiger partial charge < -0.3 is 20.5 Å². The topological polar surface area (TPSA) is 73.6 Å². The Morgan fingerprint density at radius 2 is 1.93 bits per heavy atom. The van der Waals surface area contributed by atoms with Gasteiger partial charge in [0.05, 0.1) is 18.8 Å². The number of benzene rings is 1. The largest absolute Gasteiger partial charge is 0.378 e. The molecule has 2 aliphatic carbocycles. The molecule has 6 heteroatoms. The van der Waals surface area contributed by atoms with Crippen molar-refractivity contribution in [3.8, 4) is 0 Å². The number of ether oxygens (including phenoxy) is 2. The van der Waals surface area contributed by atoms with Crippen molar-refractivity contribution in [2.45, 2.75) is 83.6 Å². The number of nitrogens with two attached hydrogens (primary N) is 1. The van der Waals surface area contributed by atoms with Gasteiger partial charge in [-0.2, -0.15) is 0 Å². The van der Waals surface area contributed by atoms with Crippen LogP contribution in [0.1, 0.15) is 64.9 Å². The van der Waals surface area contributed by atoms with E-state index in [2.05, 4.69) is 5.32 Å². The van der Waals surface area contributed by atoms with Gasteiger partial charge in [-0.15, -0.1) is 12.4 Å².